The van der Waals surface area contributed by atoms with E-state index in [1.54, 1.807) is 0 Å². The minimum atomic E-state index is -3.57. The van der Waals surface area contributed by atoms with E-state index in [2.05, 4.69) is 11.3 Å². The van der Waals surface area contributed by atoms with Gasteiger partial charge in [0, 0.05) is 12.1 Å². The Balaban J connectivity index is 2.11. The third-order valence-corrected chi connectivity index (χ3v) is 4.50. The lowest BCUT2D eigenvalue weighted by Gasteiger charge is -2.08. The van der Waals surface area contributed by atoms with E-state index in [-0.39, 0.29) is 17.2 Å². The summed E-state index contributed by atoms with van der Waals surface area (Å²) in [4.78, 5) is 0.152. The van der Waals surface area contributed by atoms with E-state index in [1.165, 1.54) is 24.3 Å². The third-order valence-electron chi connectivity index (χ3n) is 3.08. The standard InChI is InChI=1S/C16H17NO3S/c1-12-3-5-14(6-4-12)11-17-21(19,20)16-9-7-15(8-10-16)13(2)18/h3-10,17-18H,2,11H2,1H3. The monoisotopic (exact) mass is 303 g/mol. The zero-order chi connectivity index (χ0) is 15.5. The van der Waals surface area contributed by atoms with Crippen molar-refractivity contribution in [1.29, 1.82) is 0 Å². The van der Waals surface area contributed by atoms with Crippen molar-refractivity contribution in [3.05, 3.63) is 71.8 Å². The summed E-state index contributed by atoms with van der Waals surface area (Å²) >= 11 is 0. The molecule has 0 aliphatic heterocycles. The van der Waals surface area contributed by atoms with Crippen molar-refractivity contribution < 1.29 is 13.5 Å². The minimum absolute atomic E-state index is 0.0911. The molecule has 0 atom stereocenters. The Morgan fingerprint density at radius 2 is 1.67 bits per heavy atom. The second kappa shape index (κ2) is 6.11. The van der Waals surface area contributed by atoms with Gasteiger partial charge in [-0.1, -0.05) is 36.4 Å². The maximum absolute atomic E-state index is 12.2. The smallest absolute Gasteiger partial charge is 0.240 e. The fourth-order valence-corrected chi connectivity index (χ4v) is 2.81. The number of benzene rings is 2. The van der Waals surface area contributed by atoms with Crippen LogP contribution in [0, 0.1) is 6.92 Å². The fraction of sp³-hybridized carbons (Fsp3) is 0.125. The predicted molar refractivity (Wildman–Crippen MR) is 83.3 cm³/mol. The number of aryl methyl sites for hydroxylation is 1. The number of rotatable bonds is 5. The first-order valence-corrected chi connectivity index (χ1v) is 7.90. The number of sulfonamides is 1. The molecule has 0 heterocycles. The van der Waals surface area contributed by atoms with Crippen molar-refractivity contribution in [2.75, 3.05) is 0 Å². The molecule has 5 heteroatoms. The molecule has 0 radical (unpaired) electrons. The summed E-state index contributed by atoms with van der Waals surface area (Å²) in [5.74, 6) is -0.0911. The van der Waals surface area contributed by atoms with Gasteiger partial charge in [0.25, 0.3) is 0 Å². The number of aliphatic hydroxyl groups is 1. The van der Waals surface area contributed by atoms with Crippen LogP contribution in [0.2, 0.25) is 0 Å². The third kappa shape index (κ3) is 3.93. The largest absolute Gasteiger partial charge is 0.508 e. The molecule has 0 bridgehead atoms. The number of aliphatic hydroxyl groups excluding tert-OH is 1. The van der Waals surface area contributed by atoms with E-state index in [9.17, 15) is 13.5 Å². The van der Waals surface area contributed by atoms with Gasteiger partial charge in [0.05, 0.1) is 4.90 Å². The van der Waals surface area contributed by atoms with Gasteiger partial charge in [-0.3, -0.25) is 0 Å². The topological polar surface area (TPSA) is 66.4 Å². The Morgan fingerprint density at radius 1 is 1.10 bits per heavy atom. The first-order chi connectivity index (χ1) is 9.88. The van der Waals surface area contributed by atoms with E-state index in [0.717, 1.165) is 11.1 Å². The second-order valence-corrected chi connectivity index (χ2v) is 6.55. The molecule has 2 aromatic rings. The first kappa shape index (κ1) is 15.3. The molecule has 0 amide bonds. The summed E-state index contributed by atoms with van der Waals surface area (Å²) in [6.45, 7) is 5.60. The lowest BCUT2D eigenvalue weighted by molar-refractivity contribution is 0.513. The maximum atomic E-state index is 12.2. The molecule has 110 valence electrons. The van der Waals surface area contributed by atoms with Crippen LogP contribution in [0.3, 0.4) is 0 Å². The summed E-state index contributed by atoms with van der Waals surface area (Å²) in [6.07, 6.45) is 0. The van der Waals surface area contributed by atoms with Crippen molar-refractivity contribution in [3.63, 3.8) is 0 Å². The zero-order valence-corrected chi connectivity index (χ0v) is 12.5. The highest BCUT2D eigenvalue weighted by Gasteiger charge is 2.13. The van der Waals surface area contributed by atoms with Crippen molar-refractivity contribution >= 4 is 15.8 Å². The minimum Gasteiger partial charge on any atom is -0.508 e. The molecule has 4 nitrogen and oxygen atoms in total. The molecule has 0 spiro atoms. The van der Waals surface area contributed by atoms with Gasteiger partial charge in [0.15, 0.2) is 0 Å². The Morgan fingerprint density at radius 3 is 2.19 bits per heavy atom. The fourth-order valence-electron chi connectivity index (χ4n) is 1.79. The van der Waals surface area contributed by atoms with Crippen LogP contribution in [0.5, 0.6) is 0 Å². The van der Waals surface area contributed by atoms with Gasteiger partial charge in [-0.05, 0) is 36.8 Å². The molecule has 0 fully saturated rings. The predicted octanol–water partition coefficient (Wildman–Crippen LogP) is 3.00. The van der Waals surface area contributed by atoms with Crippen LogP contribution < -0.4 is 4.72 Å². The Bertz CT molecular complexity index is 732. The first-order valence-electron chi connectivity index (χ1n) is 6.42. The zero-order valence-electron chi connectivity index (χ0n) is 11.7. The van der Waals surface area contributed by atoms with Crippen molar-refractivity contribution in [2.24, 2.45) is 0 Å². The summed E-state index contributed by atoms with van der Waals surface area (Å²) in [5, 5.41) is 9.23. The van der Waals surface area contributed by atoms with Crippen LogP contribution in [0.15, 0.2) is 60.0 Å². The van der Waals surface area contributed by atoms with E-state index >= 15 is 0 Å². The van der Waals surface area contributed by atoms with E-state index in [4.69, 9.17) is 0 Å². The quantitative estimate of drug-likeness (QED) is 0.834. The van der Waals surface area contributed by atoms with Gasteiger partial charge in [0.2, 0.25) is 10.0 Å². The molecule has 0 saturated heterocycles. The summed E-state index contributed by atoms with van der Waals surface area (Å²) in [7, 11) is -3.57. The molecule has 0 unspecified atom stereocenters. The van der Waals surface area contributed by atoms with Gasteiger partial charge in [-0.2, -0.15) is 0 Å². The molecule has 0 saturated carbocycles. The van der Waals surface area contributed by atoms with E-state index < -0.39 is 10.0 Å². The number of hydrogen-bond acceptors (Lipinski definition) is 3. The van der Waals surface area contributed by atoms with Crippen LogP contribution >= 0.6 is 0 Å². The SMILES string of the molecule is C=C(O)c1ccc(S(=O)(=O)NCc2ccc(C)cc2)cc1. The van der Waals surface area contributed by atoms with Crippen LogP contribution in [0.25, 0.3) is 5.76 Å². The van der Waals surface area contributed by atoms with Crippen LogP contribution in [0.4, 0.5) is 0 Å². The molecule has 0 aliphatic carbocycles. The van der Waals surface area contributed by atoms with Gasteiger partial charge in [-0.25, -0.2) is 13.1 Å². The number of nitrogens with one attached hydrogen (secondary N) is 1. The maximum Gasteiger partial charge on any atom is 0.240 e. The van der Waals surface area contributed by atoms with Gasteiger partial charge in [-0.15, -0.1) is 0 Å². The van der Waals surface area contributed by atoms with Gasteiger partial charge >= 0.3 is 0 Å². The summed E-state index contributed by atoms with van der Waals surface area (Å²) in [5.41, 5.74) is 2.51. The van der Waals surface area contributed by atoms with E-state index in [1.807, 2.05) is 31.2 Å². The van der Waals surface area contributed by atoms with Gasteiger partial charge in [0.1, 0.15) is 5.76 Å². The number of hydrogen-bond donors (Lipinski definition) is 2. The molecular weight excluding hydrogens is 286 g/mol. The summed E-state index contributed by atoms with van der Waals surface area (Å²) in [6, 6.07) is 13.6. The highest BCUT2D eigenvalue weighted by molar-refractivity contribution is 7.89. The van der Waals surface area contributed by atoms with Crippen LogP contribution in [-0.2, 0) is 16.6 Å². The molecule has 2 aromatic carbocycles. The Labute approximate surface area is 124 Å². The van der Waals surface area contributed by atoms with Crippen LogP contribution in [-0.4, -0.2) is 13.5 Å². The molecule has 2 rings (SSSR count). The molecule has 0 aromatic heterocycles. The molecular formula is C16H17NO3S. The Hall–Kier alpha value is -2.11. The molecule has 21 heavy (non-hydrogen) atoms. The second-order valence-electron chi connectivity index (χ2n) is 4.78. The Kier molecular flexibility index (Phi) is 4.45. The van der Waals surface area contributed by atoms with Crippen molar-refractivity contribution in [1.82, 2.24) is 4.72 Å². The summed E-state index contributed by atoms with van der Waals surface area (Å²) < 4.78 is 26.9. The lowest BCUT2D eigenvalue weighted by atomic mass is 10.2. The highest BCUT2D eigenvalue weighted by atomic mass is 32.2. The van der Waals surface area contributed by atoms with Gasteiger partial charge < -0.3 is 5.11 Å². The normalized spacial score (nSPS) is 11.3. The molecule has 2 N–H and O–H groups in total. The average molecular weight is 303 g/mol. The average Bonchev–Trinajstić information content (AvgIpc) is 2.47. The van der Waals surface area contributed by atoms with E-state index in [0.29, 0.717) is 5.56 Å². The van der Waals surface area contributed by atoms with Crippen molar-refractivity contribution in [3.8, 4) is 0 Å². The van der Waals surface area contributed by atoms with Crippen LogP contribution in [0.1, 0.15) is 16.7 Å². The molecule has 0 aliphatic rings. The van der Waals surface area contributed by atoms with Crippen molar-refractivity contribution in [2.45, 2.75) is 18.4 Å². The highest BCUT2D eigenvalue weighted by Crippen LogP contribution is 2.15. The lowest BCUT2D eigenvalue weighted by Crippen LogP contribution is -2.23.